The molecule has 0 aliphatic rings. The molecule has 5 nitrogen and oxygen atoms in total. The Morgan fingerprint density at radius 2 is 1.95 bits per heavy atom. The molecule has 0 spiro atoms. The number of para-hydroxylation sites is 1. The minimum atomic E-state index is 0.0907. The highest BCUT2D eigenvalue weighted by Crippen LogP contribution is 2.35. The van der Waals surface area contributed by atoms with E-state index in [4.69, 9.17) is 9.26 Å². The average molecular weight is 268 g/mol. The van der Waals surface area contributed by atoms with Crippen molar-refractivity contribution in [3.63, 3.8) is 0 Å². The number of phenolic OH excluding ortho intramolecular Hbond substituents is 1. The zero-order valence-corrected chi connectivity index (χ0v) is 10.8. The van der Waals surface area contributed by atoms with Crippen molar-refractivity contribution < 1.29 is 14.4 Å². The molecule has 0 unspecified atom stereocenters. The number of nitrogens with zero attached hydrogens (tertiary/aromatic N) is 2. The predicted molar refractivity (Wildman–Crippen MR) is 72.7 cm³/mol. The first kappa shape index (κ1) is 12.2. The van der Waals surface area contributed by atoms with Crippen LogP contribution >= 0.6 is 0 Å². The van der Waals surface area contributed by atoms with Crippen LogP contribution in [0.1, 0.15) is 5.56 Å². The molecule has 0 saturated carbocycles. The third-order valence-electron chi connectivity index (χ3n) is 2.82. The highest BCUT2D eigenvalue weighted by atomic mass is 16.5. The lowest BCUT2D eigenvalue weighted by atomic mass is 10.2. The van der Waals surface area contributed by atoms with Crippen molar-refractivity contribution in [2.24, 2.45) is 0 Å². The molecule has 0 atom stereocenters. The molecule has 3 aromatic rings. The van der Waals surface area contributed by atoms with E-state index in [1.807, 2.05) is 31.2 Å². The van der Waals surface area contributed by atoms with Crippen molar-refractivity contribution in [1.82, 2.24) is 10.1 Å². The van der Waals surface area contributed by atoms with Crippen molar-refractivity contribution in [2.45, 2.75) is 6.92 Å². The Hall–Kier alpha value is -2.82. The Kier molecular flexibility index (Phi) is 3.09. The van der Waals surface area contributed by atoms with Crippen LogP contribution in [0.15, 0.2) is 53.4 Å². The number of hydrogen-bond acceptors (Lipinski definition) is 5. The molecule has 0 amide bonds. The van der Waals surface area contributed by atoms with Gasteiger partial charge in [-0.2, -0.15) is 4.98 Å². The number of hydrogen-bond donors (Lipinski definition) is 1. The van der Waals surface area contributed by atoms with Crippen molar-refractivity contribution in [3.8, 4) is 28.6 Å². The van der Waals surface area contributed by atoms with E-state index >= 15 is 0 Å². The van der Waals surface area contributed by atoms with Gasteiger partial charge in [-0.3, -0.25) is 0 Å². The van der Waals surface area contributed by atoms with E-state index in [0.29, 0.717) is 22.9 Å². The highest BCUT2D eigenvalue weighted by molar-refractivity contribution is 5.64. The number of ether oxygens (including phenoxy) is 1. The topological polar surface area (TPSA) is 68.4 Å². The Morgan fingerprint density at radius 3 is 2.70 bits per heavy atom. The molecule has 0 aliphatic carbocycles. The monoisotopic (exact) mass is 268 g/mol. The van der Waals surface area contributed by atoms with E-state index < -0.39 is 0 Å². The maximum Gasteiger partial charge on any atom is 0.214 e. The number of aromatic nitrogens is 2. The summed E-state index contributed by atoms with van der Waals surface area (Å²) in [6, 6.07) is 12.5. The van der Waals surface area contributed by atoms with Gasteiger partial charge in [-0.05, 0) is 36.8 Å². The molecule has 3 rings (SSSR count). The Bertz CT molecular complexity index is 724. The second-order valence-corrected chi connectivity index (χ2v) is 4.32. The van der Waals surface area contributed by atoms with E-state index in [1.54, 1.807) is 18.2 Å². The van der Waals surface area contributed by atoms with Crippen molar-refractivity contribution in [2.75, 3.05) is 0 Å². The van der Waals surface area contributed by atoms with E-state index in [0.717, 1.165) is 5.56 Å². The lowest BCUT2D eigenvalue weighted by Crippen LogP contribution is -1.90. The molecular formula is C15H12N2O3. The molecule has 2 aromatic carbocycles. The molecule has 1 N–H and O–H groups in total. The van der Waals surface area contributed by atoms with Gasteiger partial charge < -0.3 is 14.4 Å². The van der Waals surface area contributed by atoms with Crippen molar-refractivity contribution in [3.05, 3.63) is 54.4 Å². The second-order valence-electron chi connectivity index (χ2n) is 4.32. The van der Waals surface area contributed by atoms with Crippen LogP contribution in [0.3, 0.4) is 0 Å². The van der Waals surface area contributed by atoms with Gasteiger partial charge in [0, 0.05) is 0 Å². The molecule has 0 saturated heterocycles. The molecule has 0 bridgehead atoms. The third kappa shape index (κ3) is 2.33. The summed E-state index contributed by atoms with van der Waals surface area (Å²) in [6.45, 7) is 1.90. The van der Waals surface area contributed by atoms with Crippen LogP contribution in [0.4, 0.5) is 0 Å². The first-order valence-corrected chi connectivity index (χ1v) is 6.07. The first-order chi connectivity index (χ1) is 9.74. The van der Waals surface area contributed by atoms with E-state index in [9.17, 15) is 5.11 Å². The second kappa shape index (κ2) is 5.05. The van der Waals surface area contributed by atoms with Gasteiger partial charge in [0.2, 0.25) is 12.2 Å². The molecule has 0 radical (unpaired) electrons. The molecule has 0 fully saturated rings. The first-order valence-electron chi connectivity index (χ1n) is 6.07. The maximum atomic E-state index is 9.90. The number of rotatable bonds is 3. The standard InChI is InChI=1S/C15H12N2O3/c1-10-6-7-14(12(18)8-10)20-13-5-3-2-4-11(13)15-16-9-19-17-15/h2-9,18H,1H3. The largest absolute Gasteiger partial charge is 0.504 e. The van der Waals surface area contributed by atoms with Gasteiger partial charge in [0.15, 0.2) is 11.5 Å². The van der Waals surface area contributed by atoms with Gasteiger partial charge in [-0.1, -0.05) is 23.4 Å². The van der Waals surface area contributed by atoms with Crippen LogP contribution in [0.25, 0.3) is 11.4 Å². The summed E-state index contributed by atoms with van der Waals surface area (Å²) in [7, 11) is 0. The van der Waals surface area contributed by atoms with Gasteiger partial charge in [0.25, 0.3) is 0 Å². The Balaban J connectivity index is 1.99. The summed E-state index contributed by atoms with van der Waals surface area (Å²) in [5.74, 6) is 1.46. The van der Waals surface area contributed by atoms with Gasteiger partial charge in [-0.25, -0.2) is 0 Å². The number of aromatic hydroxyl groups is 1. The summed E-state index contributed by atoms with van der Waals surface area (Å²) < 4.78 is 10.5. The minimum Gasteiger partial charge on any atom is -0.504 e. The minimum absolute atomic E-state index is 0.0907. The summed E-state index contributed by atoms with van der Waals surface area (Å²) in [5, 5.41) is 13.7. The summed E-state index contributed by atoms with van der Waals surface area (Å²) in [4.78, 5) is 4.01. The van der Waals surface area contributed by atoms with Crippen molar-refractivity contribution in [1.29, 1.82) is 0 Å². The van der Waals surface area contributed by atoms with E-state index in [1.165, 1.54) is 6.39 Å². The molecule has 20 heavy (non-hydrogen) atoms. The summed E-state index contributed by atoms with van der Waals surface area (Å²) in [5.41, 5.74) is 1.66. The van der Waals surface area contributed by atoms with Gasteiger partial charge >= 0.3 is 0 Å². The SMILES string of the molecule is Cc1ccc(Oc2ccccc2-c2ncon2)c(O)c1. The van der Waals surface area contributed by atoms with E-state index in [2.05, 4.69) is 10.1 Å². The number of phenols is 1. The van der Waals surface area contributed by atoms with Crippen LogP contribution in [0, 0.1) is 6.92 Å². The molecule has 0 aliphatic heterocycles. The fourth-order valence-corrected chi connectivity index (χ4v) is 1.86. The quantitative estimate of drug-likeness (QED) is 0.786. The van der Waals surface area contributed by atoms with Gasteiger partial charge in [0.05, 0.1) is 5.56 Å². The summed E-state index contributed by atoms with van der Waals surface area (Å²) in [6.07, 6.45) is 1.26. The van der Waals surface area contributed by atoms with Gasteiger partial charge in [0.1, 0.15) is 5.75 Å². The fraction of sp³-hybridized carbons (Fsp3) is 0.0667. The zero-order valence-electron chi connectivity index (χ0n) is 10.8. The lowest BCUT2D eigenvalue weighted by molar-refractivity contribution is 0.409. The van der Waals surface area contributed by atoms with Crippen LogP contribution in [-0.2, 0) is 0 Å². The normalized spacial score (nSPS) is 10.4. The third-order valence-corrected chi connectivity index (χ3v) is 2.82. The van der Waals surface area contributed by atoms with Gasteiger partial charge in [-0.15, -0.1) is 0 Å². The average Bonchev–Trinajstić information content (AvgIpc) is 2.96. The van der Waals surface area contributed by atoms with Crippen LogP contribution in [0.2, 0.25) is 0 Å². The summed E-state index contributed by atoms with van der Waals surface area (Å²) >= 11 is 0. The Morgan fingerprint density at radius 1 is 1.10 bits per heavy atom. The smallest absolute Gasteiger partial charge is 0.214 e. The number of aryl methyl sites for hydroxylation is 1. The van der Waals surface area contributed by atoms with Crippen molar-refractivity contribution >= 4 is 0 Å². The lowest BCUT2D eigenvalue weighted by Gasteiger charge is -2.10. The molecular weight excluding hydrogens is 256 g/mol. The molecule has 1 heterocycles. The number of benzene rings is 2. The highest BCUT2D eigenvalue weighted by Gasteiger charge is 2.12. The Labute approximate surface area is 115 Å². The molecule has 5 heteroatoms. The maximum absolute atomic E-state index is 9.90. The predicted octanol–water partition coefficient (Wildman–Crippen LogP) is 3.54. The van der Waals surface area contributed by atoms with E-state index in [-0.39, 0.29) is 5.75 Å². The van der Waals surface area contributed by atoms with Crippen LogP contribution in [0.5, 0.6) is 17.2 Å². The molecule has 1 aromatic heterocycles. The zero-order chi connectivity index (χ0) is 13.9. The molecule has 100 valence electrons. The van der Waals surface area contributed by atoms with Crippen LogP contribution < -0.4 is 4.74 Å². The fourth-order valence-electron chi connectivity index (χ4n) is 1.86. The van der Waals surface area contributed by atoms with Crippen LogP contribution in [-0.4, -0.2) is 15.2 Å².